The number of rotatable bonds is 6. The highest BCUT2D eigenvalue weighted by Gasteiger charge is 2.33. The van der Waals surface area contributed by atoms with Crippen molar-refractivity contribution >= 4 is 0 Å². The quantitative estimate of drug-likeness (QED) is 0.469. The van der Waals surface area contributed by atoms with Crippen molar-refractivity contribution in [3.8, 4) is 5.75 Å². The van der Waals surface area contributed by atoms with E-state index in [1.165, 1.54) is 57.1 Å². The molecule has 27 heavy (non-hydrogen) atoms. The number of benzene rings is 1. The van der Waals surface area contributed by atoms with Crippen LogP contribution in [0.1, 0.15) is 75.8 Å². The molecule has 0 bridgehead atoms. The van der Waals surface area contributed by atoms with Crippen molar-refractivity contribution in [2.24, 2.45) is 17.8 Å². The summed E-state index contributed by atoms with van der Waals surface area (Å²) in [6.07, 6.45) is 7.99. The zero-order valence-corrected chi connectivity index (χ0v) is 16.1. The SMILES string of the molecule is CCCC1CCC(CCC2CCc3cc(OC(F)(F)F)c(F)cc3C2)CC1. The molecule has 0 spiro atoms. The van der Waals surface area contributed by atoms with Crippen molar-refractivity contribution in [1.82, 2.24) is 0 Å². The summed E-state index contributed by atoms with van der Waals surface area (Å²) in [6, 6.07) is 2.49. The van der Waals surface area contributed by atoms with E-state index in [2.05, 4.69) is 11.7 Å². The Balaban J connectivity index is 1.51. The fraction of sp³-hybridized carbons (Fsp3) is 0.727. The highest BCUT2D eigenvalue weighted by atomic mass is 19.4. The van der Waals surface area contributed by atoms with Crippen LogP contribution in [0.5, 0.6) is 5.75 Å². The first-order chi connectivity index (χ1) is 12.8. The first kappa shape index (κ1) is 20.5. The highest BCUT2D eigenvalue weighted by molar-refractivity contribution is 5.39. The molecule has 2 aliphatic carbocycles. The summed E-state index contributed by atoms with van der Waals surface area (Å²) in [5.41, 5.74) is 1.65. The van der Waals surface area contributed by atoms with Crippen LogP contribution in [0.3, 0.4) is 0 Å². The van der Waals surface area contributed by atoms with Crippen LogP contribution in [-0.2, 0) is 12.8 Å². The minimum atomic E-state index is -4.86. The average molecular weight is 386 g/mol. The van der Waals surface area contributed by atoms with Crippen molar-refractivity contribution in [2.45, 2.75) is 83.9 Å². The van der Waals surface area contributed by atoms with Gasteiger partial charge in [-0.3, -0.25) is 0 Å². The fourth-order valence-electron chi connectivity index (χ4n) is 4.97. The van der Waals surface area contributed by atoms with Gasteiger partial charge in [-0.2, -0.15) is 0 Å². The van der Waals surface area contributed by atoms with Crippen LogP contribution in [0.15, 0.2) is 12.1 Å². The smallest absolute Gasteiger partial charge is 0.403 e. The Morgan fingerprint density at radius 2 is 1.52 bits per heavy atom. The first-order valence-corrected chi connectivity index (χ1v) is 10.4. The largest absolute Gasteiger partial charge is 0.573 e. The number of ether oxygens (including phenoxy) is 1. The molecule has 2 aliphatic rings. The molecule has 0 aliphatic heterocycles. The lowest BCUT2D eigenvalue weighted by Crippen LogP contribution is -2.20. The third kappa shape index (κ3) is 5.86. The Morgan fingerprint density at radius 1 is 0.889 bits per heavy atom. The van der Waals surface area contributed by atoms with Gasteiger partial charge in [0.2, 0.25) is 0 Å². The van der Waals surface area contributed by atoms with Crippen LogP contribution in [-0.4, -0.2) is 6.36 Å². The molecule has 3 rings (SSSR count). The summed E-state index contributed by atoms with van der Waals surface area (Å²) in [5, 5.41) is 0. The normalized spacial score (nSPS) is 25.9. The molecular weight excluding hydrogens is 356 g/mol. The minimum Gasteiger partial charge on any atom is -0.403 e. The summed E-state index contributed by atoms with van der Waals surface area (Å²) in [6.45, 7) is 2.26. The molecule has 1 unspecified atom stereocenters. The molecule has 0 aromatic heterocycles. The van der Waals surface area contributed by atoms with Crippen molar-refractivity contribution in [3.63, 3.8) is 0 Å². The van der Waals surface area contributed by atoms with Gasteiger partial charge in [0, 0.05) is 0 Å². The van der Waals surface area contributed by atoms with Gasteiger partial charge < -0.3 is 4.74 Å². The van der Waals surface area contributed by atoms with Crippen molar-refractivity contribution in [3.05, 3.63) is 29.1 Å². The summed E-state index contributed by atoms with van der Waals surface area (Å²) in [7, 11) is 0. The molecule has 0 amide bonds. The number of aryl methyl sites for hydroxylation is 1. The lowest BCUT2D eigenvalue weighted by atomic mass is 9.75. The molecule has 1 nitrogen and oxygen atoms in total. The Labute approximate surface area is 159 Å². The van der Waals surface area contributed by atoms with E-state index in [9.17, 15) is 17.6 Å². The van der Waals surface area contributed by atoms with Gasteiger partial charge in [-0.25, -0.2) is 4.39 Å². The second-order valence-electron chi connectivity index (χ2n) is 8.46. The molecule has 152 valence electrons. The lowest BCUT2D eigenvalue weighted by Gasteiger charge is -2.31. The maximum absolute atomic E-state index is 14.0. The van der Waals surface area contributed by atoms with E-state index in [0.717, 1.165) is 42.2 Å². The van der Waals surface area contributed by atoms with E-state index in [-0.39, 0.29) is 0 Å². The molecule has 1 aromatic rings. The molecule has 5 heteroatoms. The van der Waals surface area contributed by atoms with Gasteiger partial charge in [-0.1, -0.05) is 51.9 Å². The molecule has 1 atom stereocenters. The molecular formula is C22H30F4O. The first-order valence-electron chi connectivity index (χ1n) is 10.4. The zero-order chi connectivity index (χ0) is 19.4. The van der Waals surface area contributed by atoms with E-state index in [1.54, 1.807) is 0 Å². The number of halogens is 4. The fourth-order valence-corrected chi connectivity index (χ4v) is 4.97. The van der Waals surface area contributed by atoms with Crippen LogP contribution in [0, 0.1) is 23.6 Å². The van der Waals surface area contributed by atoms with Gasteiger partial charge in [0.25, 0.3) is 0 Å². The predicted molar refractivity (Wildman–Crippen MR) is 98.2 cm³/mol. The number of alkyl halides is 3. The highest BCUT2D eigenvalue weighted by Crippen LogP contribution is 2.38. The van der Waals surface area contributed by atoms with Crippen LogP contribution in [0.4, 0.5) is 17.6 Å². The topological polar surface area (TPSA) is 9.23 Å². The van der Waals surface area contributed by atoms with Crippen LogP contribution in [0.25, 0.3) is 0 Å². The van der Waals surface area contributed by atoms with E-state index in [0.29, 0.717) is 12.3 Å². The standard InChI is InChI=1S/C22H30F4O/c1-2-3-15-4-6-16(7-5-15)8-9-17-10-11-18-14-21(27-22(24,25)26)20(23)13-19(18)12-17/h13-17H,2-12H2,1H3. The summed E-state index contributed by atoms with van der Waals surface area (Å²) < 4.78 is 54.9. The second-order valence-corrected chi connectivity index (χ2v) is 8.46. The summed E-state index contributed by atoms with van der Waals surface area (Å²) in [4.78, 5) is 0. The maximum Gasteiger partial charge on any atom is 0.573 e. The summed E-state index contributed by atoms with van der Waals surface area (Å²) in [5.74, 6) is 0.631. The van der Waals surface area contributed by atoms with E-state index in [4.69, 9.17) is 0 Å². The van der Waals surface area contributed by atoms with Crippen molar-refractivity contribution in [2.75, 3.05) is 0 Å². The number of fused-ring (bicyclic) bond motifs is 1. The average Bonchev–Trinajstić information content (AvgIpc) is 2.61. The van der Waals surface area contributed by atoms with Gasteiger partial charge in [-0.15, -0.1) is 13.2 Å². The van der Waals surface area contributed by atoms with E-state index >= 15 is 0 Å². The lowest BCUT2D eigenvalue weighted by molar-refractivity contribution is -0.275. The van der Waals surface area contributed by atoms with Crippen molar-refractivity contribution in [1.29, 1.82) is 0 Å². The number of hydrogen-bond donors (Lipinski definition) is 0. The van der Waals surface area contributed by atoms with Crippen LogP contribution in [0.2, 0.25) is 0 Å². The zero-order valence-electron chi connectivity index (χ0n) is 16.1. The van der Waals surface area contributed by atoms with Gasteiger partial charge in [0.1, 0.15) is 0 Å². The van der Waals surface area contributed by atoms with E-state index in [1.807, 2.05) is 0 Å². The van der Waals surface area contributed by atoms with Crippen molar-refractivity contribution < 1.29 is 22.3 Å². The number of hydrogen-bond acceptors (Lipinski definition) is 1. The van der Waals surface area contributed by atoms with Crippen LogP contribution < -0.4 is 4.74 Å². The Hall–Kier alpha value is -1.26. The third-order valence-electron chi connectivity index (χ3n) is 6.46. The van der Waals surface area contributed by atoms with Crippen LogP contribution >= 0.6 is 0 Å². The molecule has 1 fully saturated rings. The van der Waals surface area contributed by atoms with Gasteiger partial charge >= 0.3 is 6.36 Å². The van der Waals surface area contributed by atoms with Gasteiger partial charge in [0.15, 0.2) is 11.6 Å². The molecule has 0 N–H and O–H groups in total. The van der Waals surface area contributed by atoms with Gasteiger partial charge in [0.05, 0.1) is 0 Å². The minimum absolute atomic E-state index is 0.514. The molecule has 0 saturated heterocycles. The molecule has 1 aromatic carbocycles. The predicted octanol–water partition coefficient (Wildman–Crippen LogP) is 7.22. The Kier molecular flexibility index (Phi) is 6.69. The molecule has 1 saturated carbocycles. The third-order valence-corrected chi connectivity index (χ3v) is 6.46. The Morgan fingerprint density at radius 3 is 2.15 bits per heavy atom. The maximum atomic E-state index is 14.0. The molecule has 0 radical (unpaired) electrons. The monoisotopic (exact) mass is 386 g/mol. The molecule has 0 heterocycles. The van der Waals surface area contributed by atoms with Gasteiger partial charge in [-0.05, 0) is 66.7 Å². The Bertz CT molecular complexity index is 617. The second kappa shape index (κ2) is 8.83. The summed E-state index contributed by atoms with van der Waals surface area (Å²) >= 11 is 0. The van der Waals surface area contributed by atoms with E-state index < -0.39 is 17.9 Å².